The summed E-state index contributed by atoms with van der Waals surface area (Å²) in [4.78, 5) is 0. The lowest BCUT2D eigenvalue weighted by atomic mass is 10.1. The number of ether oxygens (including phenoxy) is 1. The van der Waals surface area contributed by atoms with Crippen LogP contribution in [0, 0.1) is 12.8 Å². The van der Waals surface area contributed by atoms with Gasteiger partial charge in [0.05, 0.1) is 12.7 Å². The molecule has 1 fully saturated rings. The van der Waals surface area contributed by atoms with Crippen molar-refractivity contribution in [2.24, 2.45) is 5.92 Å². The Hall–Kier alpha value is -1.02. The second kappa shape index (κ2) is 5.54. The SMILES string of the molecule is Cc1cc(C(C)O)ccc1OCC1CCCC1. The lowest BCUT2D eigenvalue weighted by Crippen LogP contribution is -2.08. The van der Waals surface area contributed by atoms with E-state index in [0.29, 0.717) is 0 Å². The molecule has 2 rings (SSSR count). The van der Waals surface area contributed by atoms with Crippen LogP contribution in [0.4, 0.5) is 0 Å². The summed E-state index contributed by atoms with van der Waals surface area (Å²) >= 11 is 0. The van der Waals surface area contributed by atoms with Crippen molar-refractivity contribution in [1.29, 1.82) is 0 Å². The second-order valence-corrected chi connectivity index (χ2v) is 5.16. The van der Waals surface area contributed by atoms with E-state index >= 15 is 0 Å². The maximum absolute atomic E-state index is 9.50. The highest BCUT2D eigenvalue weighted by molar-refractivity contribution is 5.36. The first-order valence-electron chi connectivity index (χ1n) is 6.58. The number of hydrogen-bond donors (Lipinski definition) is 1. The van der Waals surface area contributed by atoms with Gasteiger partial charge in [-0.25, -0.2) is 0 Å². The molecule has 0 spiro atoms. The smallest absolute Gasteiger partial charge is 0.122 e. The van der Waals surface area contributed by atoms with Crippen molar-refractivity contribution in [2.45, 2.75) is 45.6 Å². The Balaban J connectivity index is 1.96. The Morgan fingerprint density at radius 3 is 2.65 bits per heavy atom. The number of aryl methyl sites for hydroxylation is 1. The number of benzene rings is 1. The van der Waals surface area contributed by atoms with Crippen LogP contribution in [0.15, 0.2) is 18.2 Å². The Morgan fingerprint density at radius 1 is 1.35 bits per heavy atom. The molecule has 2 heteroatoms. The van der Waals surface area contributed by atoms with E-state index < -0.39 is 6.10 Å². The quantitative estimate of drug-likeness (QED) is 0.862. The van der Waals surface area contributed by atoms with Crippen LogP contribution in [0.1, 0.15) is 49.8 Å². The van der Waals surface area contributed by atoms with Crippen LogP contribution in [0.25, 0.3) is 0 Å². The van der Waals surface area contributed by atoms with Gasteiger partial charge in [-0.05, 0) is 55.9 Å². The molecule has 1 saturated carbocycles. The molecule has 1 aliphatic carbocycles. The summed E-state index contributed by atoms with van der Waals surface area (Å²) in [5, 5.41) is 9.50. The third kappa shape index (κ3) is 3.22. The Labute approximate surface area is 104 Å². The zero-order valence-corrected chi connectivity index (χ0v) is 10.8. The predicted octanol–water partition coefficient (Wildman–Crippen LogP) is 3.62. The molecule has 94 valence electrons. The Kier molecular flexibility index (Phi) is 4.06. The average Bonchev–Trinajstić information content (AvgIpc) is 2.80. The first kappa shape index (κ1) is 12.4. The van der Waals surface area contributed by atoms with Crippen molar-refractivity contribution in [2.75, 3.05) is 6.61 Å². The van der Waals surface area contributed by atoms with Crippen LogP contribution in [0.5, 0.6) is 5.75 Å². The van der Waals surface area contributed by atoms with Gasteiger partial charge in [-0.3, -0.25) is 0 Å². The molecule has 1 N–H and O–H groups in total. The fourth-order valence-electron chi connectivity index (χ4n) is 2.48. The molecule has 0 heterocycles. The van der Waals surface area contributed by atoms with Crippen LogP contribution >= 0.6 is 0 Å². The fourth-order valence-corrected chi connectivity index (χ4v) is 2.48. The second-order valence-electron chi connectivity index (χ2n) is 5.16. The van der Waals surface area contributed by atoms with Crippen molar-refractivity contribution in [3.05, 3.63) is 29.3 Å². The van der Waals surface area contributed by atoms with E-state index in [1.54, 1.807) is 6.92 Å². The minimum absolute atomic E-state index is 0.405. The minimum atomic E-state index is -0.405. The molecule has 1 unspecified atom stereocenters. The van der Waals surface area contributed by atoms with Gasteiger partial charge < -0.3 is 9.84 Å². The lowest BCUT2D eigenvalue weighted by molar-refractivity contribution is 0.199. The molecule has 0 saturated heterocycles. The molecule has 0 aliphatic heterocycles. The minimum Gasteiger partial charge on any atom is -0.493 e. The van der Waals surface area contributed by atoms with Crippen LogP contribution < -0.4 is 4.74 Å². The molecular weight excluding hydrogens is 212 g/mol. The van der Waals surface area contributed by atoms with E-state index in [1.165, 1.54) is 25.7 Å². The summed E-state index contributed by atoms with van der Waals surface area (Å²) in [5.41, 5.74) is 2.07. The zero-order chi connectivity index (χ0) is 12.3. The van der Waals surface area contributed by atoms with E-state index in [0.717, 1.165) is 29.4 Å². The summed E-state index contributed by atoms with van der Waals surface area (Å²) in [6.45, 7) is 4.67. The highest BCUT2D eigenvalue weighted by Gasteiger charge is 2.16. The molecule has 1 aromatic rings. The summed E-state index contributed by atoms with van der Waals surface area (Å²) in [6.07, 6.45) is 4.93. The van der Waals surface area contributed by atoms with Crippen molar-refractivity contribution in [3.63, 3.8) is 0 Å². The molecule has 17 heavy (non-hydrogen) atoms. The fraction of sp³-hybridized carbons (Fsp3) is 0.600. The number of aliphatic hydroxyl groups excluding tert-OH is 1. The van der Waals surface area contributed by atoms with E-state index in [9.17, 15) is 5.11 Å². The maximum Gasteiger partial charge on any atom is 0.122 e. The molecule has 0 aromatic heterocycles. The van der Waals surface area contributed by atoms with E-state index in [-0.39, 0.29) is 0 Å². The highest BCUT2D eigenvalue weighted by Crippen LogP contribution is 2.27. The largest absolute Gasteiger partial charge is 0.493 e. The number of rotatable bonds is 4. The summed E-state index contributed by atoms with van der Waals surface area (Å²) in [7, 11) is 0. The molecule has 0 amide bonds. The standard InChI is InChI=1S/C15H22O2/c1-11-9-14(12(2)16)7-8-15(11)17-10-13-5-3-4-6-13/h7-9,12-13,16H,3-6,10H2,1-2H3. The molecule has 1 aromatic carbocycles. The Morgan fingerprint density at radius 2 is 2.06 bits per heavy atom. The first-order valence-corrected chi connectivity index (χ1v) is 6.58. The zero-order valence-electron chi connectivity index (χ0n) is 10.8. The molecular formula is C15H22O2. The van der Waals surface area contributed by atoms with Gasteiger partial charge in [0, 0.05) is 0 Å². The summed E-state index contributed by atoms with van der Waals surface area (Å²) in [5.74, 6) is 1.70. The average molecular weight is 234 g/mol. The monoisotopic (exact) mass is 234 g/mol. The molecule has 2 nitrogen and oxygen atoms in total. The highest BCUT2D eigenvalue weighted by atomic mass is 16.5. The van der Waals surface area contributed by atoms with Crippen molar-refractivity contribution in [3.8, 4) is 5.75 Å². The van der Waals surface area contributed by atoms with E-state index in [2.05, 4.69) is 0 Å². The third-order valence-corrected chi connectivity index (χ3v) is 3.63. The van der Waals surface area contributed by atoms with Gasteiger partial charge in [-0.1, -0.05) is 18.9 Å². The van der Waals surface area contributed by atoms with Gasteiger partial charge in [-0.2, -0.15) is 0 Å². The first-order chi connectivity index (χ1) is 8.16. The summed E-state index contributed by atoms with van der Waals surface area (Å²) in [6, 6.07) is 5.93. The molecule has 1 atom stereocenters. The van der Waals surface area contributed by atoms with Crippen LogP contribution in [0.3, 0.4) is 0 Å². The van der Waals surface area contributed by atoms with E-state index in [1.807, 2.05) is 25.1 Å². The third-order valence-electron chi connectivity index (χ3n) is 3.63. The predicted molar refractivity (Wildman–Crippen MR) is 69.3 cm³/mol. The van der Waals surface area contributed by atoms with Crippen LogP contribution in [0.2, 0.25) is 0 Å². The van der Waals surface area contributed by atoms with E-state index in [4.69, 9.17) is 4.74 Å². The molecule has 0 radical (unpaired) electrons. The van der Waals surface area contributed by atoms with Gasteiger partial charge in [0.1, 0.15) is 5.75 Å². The topological polar surface area (TPSA) is 29.5 Å². The number of aliphatic hydroxyl groups is 1. The number of hydrogen-bond acceptors (Lipinski definition) is 2. The maximum atomic E-state index is 9.50. The Bertz CT molecular complexity index is 365. The van der Waals surface area contributed by atoms with Gasteiger partial charge >= 0.3 is 0 Å². The van der Waals surface area contributed by atoms with Crippen LogP contribution in [-0.2, 0) is 0 Å². The van der Waals surface area contributed by atoms with Gasteiger partial charge in [-0.15, -0.1) is 0 Å². The van der Waals surface area contributed by atoms with Gasteiger partial charge in [0.2, 0.25) is 0 Å². The van der Waals surface area contributed by atoms with Crippen molar-refractivity contribution >= 4 is 0 Å². The molecule has 1 aliphatic rings. The van der Waals surface area contributed by atoms with Crippen molar-refractivity contribution in [1.82, 2.24) is 0 Å². The van der Waals surface area contributed by atoms with Crippen LogP contribution in [-0.4, -0.2) is 11.7 Å². The van der Waals surface area contributed by atoms with Gasteiger partial charge in [0.15, 0.2) is 0 Å². The molecule has 0 bridgehead atoms. The summed E-state index contributed by atoms with van der Waals surface area (Å²) < 4.78 is 5.87. The van der Waals surface area contributed by atoms with Gasteiger partial charge in [0.25, 0.3) is 0 Å². The van der Waals surface area contributed by atoms with Crippen molar-refractivity contribution < 1.29 is 9.84 Å². The normalized spacial score (nSPS) is 18.3. The lowest BCUT2D eigenvalue weighted by Gasteiger charge is -2.14.